The second-order valence-electron chi connectivity index (χ2n) is 4.07. The maximum atomic E-state index is 12.8. The van der Waals surface area contributed by atoms with Crippen LogP contribution in [-0.2, 0) is 0 Å². The van der Waals surface area contributed by atoms with Crippen molar-refractivity contribution >= 4 is 0 Å². The third kappa shape index (κ3) is 2.91. The molecule has 0 radical (unpaired) electrons. The number of halogens is 2. The summed E-state index contributed by atoms with van der Waals surface area (Å²) >= 11 is 0. The number of rotatable bonds is 3. The lowest BCUT2D eigenvalue weighted by Crippen LogP contribution is -2.08. The second-order valence-corrected chi connectivity index (χ2v) is 4.07. The van der Waals surface area contributed by atoms with Gasteiger partial charge in [0.2, 0.25) is 0 Å². The van der Waals surface area contributed by atoms with Crippen molar-refractivity contribution in [2.75, 3.05) is 6.61 Å². The number of ether oxygens (including phenoxy) is 1. The van der Waals surface area contributed by atoms with Gasteiger partial charge in [-0.05, 0) is 18.8 Å². The zero-order valence-corrected chi connectivity index (χ0v) is 8.51. The van der Waals surface area contributed by atoms with Crippen LogP contribution in [0.25, 0.3) is 0 Å². The van der Waals surface area contributed by atoms with Crippen LogP contribution in [0.2, 0.25) is 0 Å². The standard InChI is InChI=1S/C12H14F2O/c13-10-5-11(14)7-12(6-10)15-8-9-3-1-2-4-9/h5-7,9H,1-4,8H2. The van der Waals surface area contributed by atoms with Gasteiger partial charge < -0.3 is 4.74 Å². The van der Waals surface area contributed by atoms with Crippen molar-refractivity contribution in [3.05, 3.63) is 29.8 Å². The van der Waals surface area contributed by atoms with Gasteiger partial charge in [-0.15, -0.1) is 0 Å². The summed E-state index contributed by atoms with van der Waals surface area (Å²) in [5, 5.41) is 0. The molecular weight excluding hydrogens is 198 g/mol. The highest BCUT2D eigenvalue weighted by Gasteiger charge is 2.15. The SMILES string of the molecule is Fc1cc(F)cc(OCC2CCCC2)c1. The molecular formula is C12H14F2O. The van der Waals surface area contributed by atoms with E-state index in [-0.39, 0.29) is 0 Å². The van der Waals surface area contributed by atoms with E-state index in [0.717, 1.165) is 18.9 Å². The van der Waals surface area contributed by atoms with Gasteiger partial charge in [-0.2, -0.15) is 0 Å². The summed E-state index contributed by atoms with van der Waals surface area (Å²) in [5.74, 6) is -0.330. The smallest absolute Gasteiger partial charge is 0.129 e. The monoisotopic (exact) mass is 212 g/mol. The summed E-state index contributed by atoms with van der Waals surface area (Å²) in [5.41, 5.74) is 0. The van der Waals surface area contributed by atoms with Gasteiger partial charge in [0.25, 0.3) is 0 Å². The lowest BCUT2D eigenvalue weighted by molar-refractivity contribution is 0.250. The Balaban J connectivity index is 1.92. The first kappa shape index (κ1) is 10.4. The van der Waals surface area contributed by atoms with Gasteiger partial charge in [0, 0.05) is 18.2 Å². The molecule has 0 aliphatic heterocycles. The van der Waals surface area contributed by atoms with Crippen molar-refractivity contribution in [3.63, 3.8) is 0 Å². The zero-order chi connectivity index (χ0) is 10.7. The molecule has 82 valence electrons. The van der Waals surface area contributed by atoms with E-state index in [1.807, 2.05) is 0 Å². The van der Waals surface area contributed by atoms with E-state index in [4.69, 9.17) is 4.74 Å². The molecule has 1 aliphatic rings. The highest BCUT2D eigenvalue weighted by atomic mass is 19.1. The molecule has 15 heavy (non-hydrogen) atoms. The lowest BCUT2D eigenvalue weighted by Gasteiger charge is -2.11. The van der Waals surface area contributed by atoms with Crippen LogP contribution in [0.4, 0.5) is 8.78 Å². The minimum absolute atomic E-state index is 0.291. The molecule has 0 unspecified atom stereocenters. The van der Waals surface area contributed by atoms with Crippen molar-refractivity contribution in [3.8, 4) is 5.75 Å². The second kappa shape index (κ2) is 4.60. The van der Waals surface area contributed by atoms with Crippen LogP contribution >= 0.6 is 0 Å². The van der Waals surface area contributed by atoms with E-state index >= 15 is 0 Å². The molecule has 1 aliphatic carbocycles. The Bertz CT molecular complexity index is 312. The fourth-order valence-electron chi connectivity index (χ4n) is 2.00. The van der Waals surface area contributed by atoms with E-state index < -0.39 is 11.6 Å². The van der Waals surface area contributed by atoms with E-state index in [0.29, 0.717) is 18.3 Å². The molecule has 0 spiro atoms. The maximum Gasteiger partial charge on any atom is 0.129 e. The molecule has 1 nitrogen and oxygen atoms in total. The fourth-order valence-corrected chi connectivity index (χ4v) is 2.00. The van der Waals surface area contributed by atoms with Crippen LogP contribution in [0.5, 0.6) is 5.75 Å². The van der Waals surface area contributed by atoms with Gasteiger partial charge in [-0.3, -0.25) is 0 Å². The lowest BCUT2D eigenvalue weighted by atomic mass is 10.1. The van der Waals surface area contributed by atoms with Crippen molar-refractivity contribution in [2.24, 2.45) is 5.92 Å². The van der Waals surface area contributed by atoms with Crippen LogP contribution in [0.1, 0.15) is 25.7 Å². The zero-order valence-electron chi connectivity index (χ0n) is 8.51. The van der Waals surface area contributed by atoms with Gasteiger partial charge in [-0.25, -0.2) is 8.78 Å². The van der Waals surface area contributed by atoms with Crippen LogP contribution in [-0.4, -0.2) is 6.61 Å². The minimum Gasteiger partial charge on any atom is -0.493 e. The summed E-state index contributed by atoms with van der Waals surface area (Å²) in [4.78, 5) is 0. The van der Waals surface area contributed by atoms with Gasteiger partial charge in [0.15, 0.2) is 0 Å². The summed E-state index contributed by atoms with van der Waals surface area (Å²) in [6.45, 7) is 0.572. The highest BCUT2D eigenvalue weighted by Crippen LogP contribution is 2.26. The topological polar surface area (TPSA) is 9.23 Å². The molecule has 0 amide bonds. The average molecular weight is 212 g/mol. The van der Waals surface area contributed by atoms with Crippen LogP contribution in [0, 0.1) is 17.6 Å². The van der Waals surface area contributed by atoms with Crippen molar-refractivity contribution < 1.29 is 13.5 Å². The molecule has 0 heterocycles. The van der Waals surface area contributed by atoms with E-state index in [2.05, 4.69) is 0 Å². The first-order chi connectivity index (χ1) is 7.24. The summed E-state index contributed by atoms with van der Waals surface area (Å²) in [6.07, 6.45) is 4.81. The van der Waals surface area contributed by atoms with E-state index in [9.17, 15) is 8.78 Å². The summed E-state index contributed by atoms with van der Waals surface area (Å²) in [7, 11) is 0. The Morgan fingerprint density at radius 2 is 1.67 bits per heavy atom. The Morgan fingerprint density at radius 3 is 2.27 bits per heavy atom. The first-order valence-electron chi connectivity index (χ1n) is 5.33. The van der Waals surface area contributed by atoms with E-state index in [1.165, 1.54) is 25.0 Å². The van der Waals surface area contributed by atoms with Gasteiger partial charge in [0.05, 0.1) is 6.61 Å². The van der Waals surface area contributed by atoms with Crippen LogP contribution < -0.4 is 4.74 Å². The number of hydrogen-bond acceptors (Lipinski definition) is 1. The molecule has 1 fully saturated rings. The van der Waals surface area contributed by atoms with Crippen molar-refractivity contribution in [1.29, 1.82) is 0 Å². The summed E-state index contributed by atoms with van der Waals surface area (Å²) in [6, 6.07) is 3.29. The molecule has 3 heteroatoms. The molecule has 0 N–H and O–H groups in total. The van der Waals surface area contributed by atoms with Crippen LogP contribution in [0.15, 0.2) is 18.2 Å². The minimum atomic E-state index is -0.587. The molecule has 1 aromatic carbocycles. The number of hydrogen-bond donors (Lipinski definition) is 0. The summed E-state index contributed by atoms with van der Waals surface area (Å²) < 4.78 is 31.0. The normalized spacial score (nSPS) is 16.9. The quantitative estimate of drug-likeness (QED) is 0.744. The third-order valence-electron chi connectivity index (χ3n) is 2.80. The Labute approximate surface area is 88.1 Å². The number of benzene rings is 1. The van der Waals surface area contributed by atoms with Crippen LogP contribution in [0.3, 0.4) is 0 Å². The molecule has 0 atom stereocenters. The Hall–Kier alpha value is -1.12. The predicted octanol–water partition coefficient (Wildman–Crippen LogP) is 3.53. The molecule has 0 saturated heterocycles. The maximum absolute atomic E-state index is 12.8. The molecule has 1 saturated carbocycles. The molecule has 1 aromatic rings. The van der Waals surface area contributed by atoms with Gasteiger partial charge >= 0.3 is 0 Å². The largest absolute Gasteiger partial charge is 0.493 e. The van der Waals surface area contributed by atoms with Crippen molar-refractivity contribution in [2.45, 2.75) is 25.7 Å². The Kier molecular flexibility index (Phi) is 3.19. The Morgan fingerprint density at radius 1 is 1.07 bits per heavy atom. The first-order valence-corrected chi connectivity index (χ1v) is 5.33. The molecule has 0 bridgehead atoms. The average Bonchev–Trinajstić information content (AvgIpc) is 2.65. The van der Waals surface area contributed by atoms with Gasteiger partial charge in [0.1, 0.15) is 17.4 Å². The highest BCUT2D eigenvalue weighted by molar-refractivity contribution is 5.23. The van der Waals surface area contributed by atoms with Crippen molar-refractivity contribution in [1.82, 2.24) is 0 Å². The van der Waals surface area contributed by atoms with E-state index in [1.54, 1.807) is 0 Å². The molecule has 0 aromatic heterocycles. The van der Waals surface area contributed by atoms with Gasteiger partial charge in [-0.1, -0.05) is 12.8 Å². The third-order valence-corrected chi connectivity index (χ3v) is 2.80. The molecule has 2 rings (SSSR count). The predicted molar refractivity (Wildman–Crippen MR) is 53.8 cm³/mol. The fraction of sp³-hybridized carbons (Fsp3) is 0.500.